The highest BCUT2D eigenvalue weighted by Crippen LogP contribution is 2.28. The zero-order chi connectivity index (χ0) is 10.1. The molecule has 1 aliphatic rings. The second-order valence-electron chi connectivity index (χ2n) is 3.75. The number of carboxylic acids is 1. The molecule has 14 heavy (non-hydrogen) atoms. The Bertz CT molecular complexity index is 371. The van der Waals surface area contributed by atoms with Gasteiger partial charge >= 0.3 is 5.97 Å². The minimum atomic E-state index is -0.907. The average molecular weight is 192 g/mol. The van der Waals surface area contributed by atoms with Crippen LogP contribution in [0, 0.1) is 5.92 Å². The number of carbonyl (C=O) groups is 1. The molecule has 0 radical (unpaired) electrons. The van der Waals surface area contributed by atoms with Crippen LogP contribution in [0.1, 0.15) is 22.8 Å². The Kier molecular flexibility index (Phi) is 2.15. The van der Waals surface area contributed by atoms with E-state index in [0.717, 1.165) is 17.7 Å². The van der Waals surface area contributed by atoms with Gasteiger partial charge in [0, 0.05) is 0 Å². The minimum Gasteiger partial charge on any atom is -0.493 e. The monoisotopic (exact) mass is 192 g/mol. The van der Waals surface area contributed by atoms with Crippen molar-refractivity contribution < 1.29 is 14.6 Å². The molecule has 0 aromatic heterocycles. The van der Waals surface area contributed by atoms with Gasteiger partial charge in [-0.2, -0.15) is 0 Å². The van der Waals surface area contributed by atoms with Crippen LogP contribution in [0.3, 0.4) is 0 Å². The lowest BCUT2D eigenvalue weighted by molar-refractivity contribution is 0.0696. The highest BCUT2D eigenvalue weighted by molar-refractivity contribution is 5.88. The van der Waals surface area contributed by atoms with Gasteiger partial charge in [0.2, 0.25) is 0 Å². The van der Waals surface area contributed by atoms with Crippen molar-refractivity contribution in [2.45, 2.75) is 13.3 Å². The largest absolute Gasteiger partial charge is 0.493 e. The van der Waals surface area contributed by atoms with Gasteiger partial charge in [0.05, 0.1) is 12.2 Å². The summed E-state index contributed by atoms with van der Waals surface area (Å²) in [4.78, 5) is 10.7. The Labute approximate surface area is 82.3 Å². The molecule has 0 bridgehead atoms. The summed E-state index contributed by atoms with van der Waals surface area (Å²) < 4.78 is 5.46. The van der Waals surface area contributed by atoms with Crippen LogP contribution in [0.25, 0.3) is 0 Å². The summed E-state index contributed by atoms with van der Waals surface area (Å²) in [5.74, 6) is 0.330. The maximum Gasteiger partial charge on any atom is 0.335 e. The van der Waals surface area contributed by atoms with Crippen molar-refractivity contribution in [2.24, 2.45) is 5.92 Å². The minimum absolute atomic E-state index is 0.290. The van der Waals surface area contributed by atoms with E-state index in [1.54, 1.807) is 12.1 Å². The van der Waals surface area contributed by atoms with Crippen LogP contribution in [0.15, 0.2) is 18.2 Å². The molecule has 0 spiro atoms. The normalized spacial score (nSPS) is 19.6. The number of hydrogen-bond donors (Lipinski definition) is 1. The molecule has 0 aliphatic carbocycles. The van der Waals surface area contributed by atoms with Crippen LogP contribution in [0.5, 0.6) is 5.75 Å². The molecule has 0 fully saturated rings. The van der Waals surface area contributed by atoms with E-state index in [4.69, 9.17) is 9.84 Å². The van der Waals surface area contributed by atoms with Crippen molar-refractivity contribution in [3.05, 3.63) is 29.3 Å². The lowest BCUT2D eigenvalue weighted by atomic mass is 9.97. The molecular formula is C11H12O3. The molecule has 1 aromatic carbocycles. The van der Waals surface area contributed by atoms with Gasteiger partial charge < -0.3 is 9.84 Å². The highest BCUT2D eigenvalue weighted by Gasteiger charge is 2.17. The first kappa shape index (κ1) is 9.06. The van der Waals surface area contributed by atoms with Crippen molar-refractivity contribution in [3.8, 4) is 5.75 Å². The summed E-state index contributed by atoms with van der Waals surface area (Å²) >= 11 is 0. The number of aromatic carboxylic acids is 1. The van der Waals surface area contributed by atoms with Gasteiger partial charge in [-0.25, -0.2) is 4.79 Å². The molecule has 2 rings (SSSR count). The van der Waals surface area contributed by atoms with Crippen LogP contribution >= 0.6 is 0 Å². The smallest absolute Gasteiger partial charge is 0.335 e. The maximum absolute atomic E-state index is 10.7. The molecule has 3 heteroatoms. The van der Waals surface area contributed by atoms with Crippen LogP contribution in [0.4, 0.5) is 0 Å². The van der Waals surface area contributed by atoms with Crippen molar-refractivity contribution in [1.82, 2.24) is 0 Å². The number of benzene rings is 1. The summed E-state index contributed by atoms with van der Waals surface area (Å²) in [6, 6.07) is 5.07. The summed E-state index contributed by atoms with van der Waals surface area (Å²) in [6.45, 7) is 2.80. The molecule has 1 heterocycles. The Balaban J connectivity index is 2.36. The van der Waals surface area contributed by atoms with Crippen LogP contribution < -0.4 is 4.74 Å². The molecule has 1 unspecified atom stereocenters. The number of rotatable bonds is 1. The van der Waals surface area contributed by atoms with Crippen LogP contribution in [-0.4, -0.2) is 17.7 Å². The van der Waals surface area contributed by atoms with Crippen LogP contribution in [0.2, 0.25) is 0 Å². The fourth-order valence-corrected chi connectivity index (χ4v) is 1.66. The number of fused-ring (bicyclic) bond motifs is 1. The fraction of sp³-hybridized carbons (Fsp3) is 0.364. The van der Waals surface area contributed by atoms with Gasteiger partial charge in [0.25, 0.3) is 0 Å². The van der Waals surface area contributed by atoms with E-state index in [1.807, 2.05) is 6.07 Å². The van der Waals surface area contributed by atoms with Crippen molar-refractivity contribution in [3.63, 3.8) is 0 Å². The van der Waals surface area contributed by atoms with E-state index in [1.165, 1.54) is 0 Å². The average Bonchev–Trinajstić information content (AvgIpc) is 2.16. The summed E-state index contributed by atoms with van der Waals surface area (Å²) in [6.07, 6.45) is 0.967. The number of carboxylic acid groups (broad SMARTS) is 1. The van der Waals surface area contributed by atoms with E-state index in [9.17, 15) is 4.79 Å². The molecule has 74 valence electrons. The zero-order valence-corrected chi connectivity index (χ0v) is 7.99. The predicted octanol–water partition coefficient (Wildman–Crippen LogP) is 1.96. The van der Waals surface area contributed by atoms with Crippen molar-refractivity contribution in [1.29, 1.82) is 0 Å². The standard InChI is InChI=1S/C11H12O3/c1-7-4-8-2-3-9(11(12)13)5-10(8)14-6-7/h2-3,5,7H,4,6H2,1H3,(H,12,13). The number of ether oxygens (including phenoxy) is 1. The lowest BCUT2D eigenvalue weighted by Crippen LogP contribution is -2.18. The molecule has 3 nitrogen and oxygen atoms in total. The van der Waals surface area contributed by atoms with Gasteiger partial charge in [0.15, 0.2) is 0 Å². The molecule has 1 atom stereocenters. The molecule has 0 saturated heterocycles. The third kappa shape index (κ3) is 1.58. The number of hydrogen-bond acceptors (Lipinski definition) is 2. The second kappa shape index (κ2) is 3.33. The van der Waals surface area contributed by atoms with E-state index in [0.29, 0.717) is 18.1 Å². The third-order valence-corrected chi connectivity index (χ3v) is 2.41. The quantitative estimate of drug-likeness (QED) is 0.739. The van der Waals surface area contributed by atoms with Gasteiger partial charge in [-0.3, -0.25) is 0 Å². The first-order valence-corrected chi connectivity index (χ1v) is 4.66. The SMILES string of the molecule is CC1COc2cc(C(=O)O)ccc2C1. The summed E-state index contributed by atoms with van der Waals surface area (Å²) in [5, 5.41) is 8.78. The van der Waals surface area contributed by atoms with E-state index in [-0.39, 0.29) is 0 Å². The Morgan fingerprint density at radius 2 is 2.36 bits per heavy atom. The fourth-order valence-electron chi connectivity index (χ4n) is 1.66. The topological polar surface area (TPSA) is 46.5 Å². The summed E-state index contributed by atoms with van der Waals surface area (Å²) in [7, 11) is 0. The van der Waals surface area contributed by atoms with Gasteiger partial charge in [0.1, 0.15) is 5.75 Å². The second-order valence-corrected chi connectivity index (χ2v) is 3.75. The van der Waals surface area contributed by atoms with E-state index < -0.39 is 5.97 Å². The predicted molar refractivity (Wildman–Crippen MR) is 51.8 cm³/mol. The Hall–Kier alpha value is -1.51. The zero-order valence-electron chi connectivity index (χ0n) is 7.99. The van der Waals surface area contributed by atoms with E-state index in [2.05, 4.69) is 6.92 Å². The molecule has 1 aliphatic heterocycles. The molecule has 0 saturated carbocycles. The van der Waals surface area contributed by atoms with Crippen LogP contribution in [-0.2, 0) is 6.42 Å². The molecular weight excluding hydrogens is 180 g/mol. The first-order chi connectivity index (χ1) is 6.66. The molecule has 1 aromatic rings. The Morgan fingerprint density at radius 1 is 1.57 bits per heavy atom. The molecule has 1 N–H and O–H groups in total. The van der Waals surface area contributed by atoms with Gasteiger partial charge in [-0.15, -0.1) is 0 Å². The van der Waals surface area contributed by atoms with Gasteiger partial charge in [-0.1, -0.05) is 13.0 Å². The molecule has 0 amide bonds. The maximum atomic E-state index is 10.7. The first-order valence-electron chi connectivity index (χ1n) is 4.66. The van der Waals surface area contributed by atoms with Crippen molar-refractivity contribution in [2.75, 3.05) is 6.61 Å². The highest BCUT2D eigenvalue weighted by atomic mass is 16.5. The lowest BCUT2D eigenvalue weighted by Gasteiger charge is -2.22. The van der Waals surface area contributed by atoms with Crippen molar-refractivity contribution >= 4 is 5.97 Å². The van der Waals surface area contributed by atoms with E-state index >= 15 is 0 Å². The third-order valence-electron chi connectivity index (χ3n) is 2.41. The summed E-state index contributed by atoms with van der Waals surface area (Å²) in [5.41, 5.74) is 1.40. The Morgan fingerprint density at radius 3 is 3.07 bits per heavy atom. The van der Waals surface area contributed by atoms with Gasteiger partial charge in [-0.05, 0) is 30.0 Å².